The summed E-state index contributed by atoms with van der Waals surface area (Å²) in [6.07, 6.45) is 2.54. The minimum Gasteiger partial charge on any atom is -0.464 e. The van der Waals surface area contributed by atoms with Gasteiger partial charge < -0.3 is 15.8 Å². The van der Waals surface area contributed by atoms with Crippen LogP contribution in [0.1, 0.15) is 40.0 Å². The molecule has 0 aromatic carbocycles. The van der Waals surface area contributed by atoms with Gasteiger partial charge in [0.25, 0.3) is 0 Å². The molecular formula is C11H22N2O3. The van der Waals surface area contributed by atoms with E-state index in [0.29, 0.717) is 13.0 Å². The van der Waals surface area contributed by atoms with E-state index in [1.54, 1.807) is 13.8 Å². The molecule has 2 atom stereocenters. The van der Waals surface area contributed by atoms with Crippen molar-refractivity contribution in [2.45, 2.75) is 52.1 Å². The molecular weight excluding hydrogens is 208 g/mol. The molecule has 3 N–H and O–H groups in total. The molecule has 0 saturated carbocycles. The first-order valence-electron chi connectivity index (χ1n) is 5.75. The highest BCUT2D eigenvalue weighted by Crippen LogP contribution is 1.99. The van der Waals surface area contributed by atoms with E-state index in [0.717, 1.165) is 12.8 Å². The summed E-state index contributed by atoms with van der Waals surface area (Å²) in [6.45, 7) is 5.65. The Labute approximate surface area is 96.7 Å². The average Bonchev–Trinajstić information content (AvgIpc) is 2.25. The zero-order valence-electron chi connectivity index (χ0n) is 10.3. The van der Waals surface area contributed by atoms with Crippen LogP contribution in [0.25, 0.3) is 0 Å². The van der Waals surface area contributed by atoms with Gasteiger partial charge in [0.2, 0.25) is 5.91 Å². The second-order valence-corrected chi connectivity index (χ2v) is 3.73. The third-order valence-corrected chi connectivity index (χ3v) is 2.20. The number of nitrogens with one attached hydrogen (secondary N) is 1. The van der Waals surface area contributed by atoms with Gasteiger partial charge in [-0.2, -0.15) is 0 Å². The maximum atomic E-state index is 11.5. The van der Waals surface area contributed by atoms with Gasteiger partial charge in [-0.15, -0.1) is 0 Å². The van der Waals surface area contributed by atoms with Gasteiger partial charge in [0, 0.05) is 0 Å². The normalized spacial score (nSPS) is 14.0. The van der Waals surface area contributed by atoms with Gasteiger partial charge in [-0.3, -0.25) is 4.79 Å². The summed E-state index contributed by atoms with van der Waals surface area (Å²) in [5.41, 5.74) is 5.66. The fourth-order valence-corrected chi connectivity index (χ4v) is 1.20. The third-order valence-electron chi connectivity index (χ3n) is 2.20. The highest BCUT2D eigenvalue weighted by Gasteiger charge is 2.20. The van der Waals surface area contributed by atoms with Crippen molar-refractivity contribution in [1.82, 2.24) is 5.32 Å². The first-order valence-corrected chi connectivity index (χ1v) is 5.75. The number of ether oxygens (including phenoxy) is 1. The lowest BCUT2D eigenvalue weighted by Gasteiger charge is -2.16. The molecule has 0 saturated heterocycles. The number of esters is 1. The first-order chi connectivity index (χ1) is 7.52. The van der Waals surface area contributed by atoms with Gasteiger partial charge in [-0.05, 0) is 20.3 Å². The van der Waals surface area contributed by atoms with Crippen molar-refractivity contribution in [3.05, 3.63) is 0 Å². The number of carbonyl (C=O) groups is 2. The number of rotatable bonds is 7. The molecule has 0 spiro atoms. The van der Waals surface area contributed by atoms with E-state index in [-0.39, 0.29) is 5.91 Å². The van der Waals surface area contributed by atoms with E-state index < -0.39 is 18.1 Å². The van der Waals surface area contributed by atoms with Crippen LogP contribution in [0, 0.1) is 0 Å². The van der Waals surface area contributed by atoms with Crippen molar-refractivity contribution in [1.29, 1.82) is 0 Å². The number of hydrogen-bond donors (Lipinski definition) is 2. The molecule has 0 aliphatic heterocycles. The van der Waals surface area contributed by atoms with E-state index in [1.807, 2.05) is 6.92 Å². The largest absolute Gasteiger partial charge is 0.464 e. The molecule has 0 radical (unpaired) electrons. The van der Waals surface area contributed by atoms with Gasteiger partial charge in [0.1, 0.15) is 6.04 Å². The molecule has 0 heterocycles. The average molecular weight is 230 g/mol. The van der Waals surface area contributed by atoms with Crippen molar-refractivity contribution in [2.75, 3.05) is 6.61 Å². The SMILES string of the molecule is CCCC[C@H](N)C(=O)NC(C)C(=O)OCC. The van der Waals surface area contributed by atoms with Gasteiger partial charge >= 0.3 is 5.97 Å². The molecule has 0 aromatic heterocycles. The maximum absolute atomic E-state index is 11.5. The summed E-state index contributed by atoms with van der Waals surface area (Å²) in [5, 5.41) is 2.53. The van der Waals surface area contributed by atoms with Gasteiger partial charge in [0.15, 0.2) is 0 Å². The van der Waals surface area contributed by atoms with E-state index in [9.17, 15) is 9.59 Å². The quantitative estimate of drug-likeness (QED) is 0.626. The van der Waals surface area contributed by atoms with E-state index >= 15 is 0 Å². The lowest BCUT2D eigenvalue weighted by atomic mass is 10.1. The summed E-state index contributed by atoms with van der Waals surface area (Å²) in [4.78, 5) is 22.8. The minimum absolute atomic E-state index is 0.297. The number of nitrogens with two attached hydrogens (primary N) is 1. The Morgan fingerprint density at radius 1 is 1.38 bits per heavy atom. The van der Waals surface area contributed by atoms with E-state index in [4.69, 9.17) is 10.5 Å². The van der Waals surface area contributed by atoms with Gasteiger partial charge in [-0.1, -0.05) is 19.8 Å². The summed E-state index contributed by atoms with van der Waals surface area (Å²) in [7, 11) is 0. The van der Waals surface area contributed by atoms with Crippen molar-refractivity contribution in [3.63, 3.8) is 0 Å². The van der Waals surface area contributed by atoms with E-state index in [1.165, 1.54) is 0 Å². The number of unbranched alkanes of at least 4 members (excludes halogenated alkanes) is 1. The fourth-order valence-electron chi connectivity index (χ4n) is 1.20. The topological polar surface area (TPSA) is 81.4 Å². The second-order valence-electron chi connectivity index (χ2n) is 3.73. The molecule has 0 aliphatic rings. The van der Waals surface area contributed by atoms with Crippen LogP contribution in [0.5, 0.6) is 0 Å². The Balaban J connectivity index is 3.97. The van der Waals surface area contributed by atoms with E-state index in [2.05, 4.69) is 5.32 Å². The third kappa shape index (κ3) is 5.70. The molecule has 1 amide bonds. The number of carbonyl (C=O) groups excluding carboxylic acids is 2. The van der Waals surface area contributed by atoms with Crippen molar-refractivity contribution in [3.8, 4) is 0 Å². The monoisotopic (exact) mass is 230 g/mol. The minimum atomic E-state index is -0.639. The highest BCUT2D eigenvalue weighted by molar-refractivity contribution is 5.87. The predicted molar refractivity (Wildman–Crippen MR) is 61.7 cm³/mol. The molecule has 1 unspecified atom stereocenters. The zero-order chi connectivity index (χ0) is 12.6. The zero-order valence-corrected chi connectivity index (χ0v) is 10.3. The smallest absolute Gasteiger partial charge is 0.328 e. The Hall–Kier alpha value is -1.10. The lowest BCUT2D eigenvalue weighted by Crippen LogP contribution is -2.47. The van der Waals surface area contributed by atoms with Crippen molar-refractivity contribution in [2.24, 2.45) is 5.73 Å². The molecule has 0 rings (SSSR count). The summed E-state index contributed by atoms with van der Waals surface area (Å²) >= 11 is 0. The molecule has 0 aliphatic carbocycles. The first kappa shape index (κ1) is 14.9. The van der Waals surface area contributed by atoms with Crippen LogP contribution in [0.4, 0.5) is 0 Å². The lowest BCUT2D eigenvalue weighted by molar-refractivity contribution is -0.147. The second kappa shape index (κ2) is 8.10. The van der Waals surface area contributed by atoms with Crippen LogP contribution in [-0.2, 0) is 14.3 Å². The molecule has 0 bridgehead atoms. The van der Waals surface area contributed by atoms with Crippen LogP contribution < -0.4 is 11.1 Å². The summed E-state index contributed by atoms with van der Waals surface area (Å²) in [5.74, 6) is -0.729. The maximum Gasteiger partial charge on any atom is 0.328 e. The van der Waals surface area contributed by atoms with Crippen LogP contribution in [0.15, 0.2) is 0 Å². The number of amides is 1. The fraction of sp³-hybridized carbons (Fsp3) is 0.818. The van der Waals surface area contributed by atoms with Crippen LogP contribution >= 0.6 is 0 Å². The van der Waals surface area contributed by atoms with Gasteiger partial charge in [-0.25, -0.2) is 4.79 Å². The molecule has 0 aromatic rings. The van der Waals surface area contributed by atoms with Crippen molar-refractivity contribution < 1.29 is 14.3 Å². The number of hydrogen-bond acceptors (Lipinski definition) is 4. The summed E-state index contributed by atoms with van der Waals surface area (Å²) < 4.78 is 4.77. The molecule has 0 fully saturated rings. The van der Waals surface area contributed by atoms with Crippen LogP contribution in [0.3, 0.4) is 0 Å². The Kier molecular flexibility index (Phi) is 7.54. The molecule has 16 heavy (non-hydrogen) atoms. The molecule has 5 heteroatoms. The van der Waals surface area contributed by atoms with Gasteiger partial charge in [0.05, 0.1) is 12.6 Å². The summed E-state index contributed by atoms with van der Waals surface area (Å²) in [6, 6.07) is -1.18. The van der Waals surface area contributed by atoms with Crippen LogP contribution in [-0.4, -0.2) is 30.6 Å². The Bertz CT molecular complexity index is 231. The molecule has 5 nitrogen and oxygen atoms in total. The van der Waals surface area contributed by atoms with Crippen LogP contribution in [0.2, 0.25) is 0 Å². The highest BCUT2D eigenvalue weighted by atomic mass is 16.5. The Morgan fingerprint density at radius 2 is 2.00 bits per heavy atom. The molecule has 94 valence electrons. The Morgan fingerprint density at radius 3 is 2.50 bits per heavy atom. The van der Waals surface area contributed by atoms with Crippen molar-refractivity contribution >= 4 is 11.9 Å². The standard InChI is InChI=1S/C11H22N2O3/c1-4-6-7-9(12)10(14)13-8(3)11(15)16-5-2/h8-9H,4-7,12H2,1-3H3,(H,13,14)/t8?,9-/m0/s1. The predicted octanol–water partition coefficient (Wildman–Crippen LogP) is 0.572.